The van der Waals surface area contributed by atoms with Gasteiger partial charge in [-0.15, -0.1) is 0 Å². The van der Waals surface area contributed by atoms with E-state index in [1.165, 1.54) is 18.8 Å². The van der Waals surface area contributed by atoms with Crippen molar-refractivity contribution in [3.8, 4) is 0 Å². The van der Waals surface area contributed by atoms with Gasteiger partial charge in [-0.1, -0.05) is 21.6 Å². The second-order valence-electron chi connectivity index (χ2n) is 1.98. The molecule has 0 aromatic rings. The summed E-state index contributed by atoms with van der Waals surface area (Å²) >= 11 is 0. The van der Waals surface area contributed by atoms with Crippen molar-refractivity contribution in [2.45, 2.75) is 0 Å². The fourth-order valence-corrected chi connectivity index (χ4v) is 2.18. The van der Waals surface area contributed by atoms with Gasteiger partial charge in [0.1, 0.15) is 0 Å². The number of hydrogen-bond acceptors (Lipinski definition) is 3. The molecule has 3 heteroatoms. The minimum atomic E-state index is 0.965. The zero-order chi connectivity index (χ0) is 5.82. The van der Waals surface area contributed by atoms with Crippen LogP contribution in [0.15, 0.2) is 0 Å². The molecular formula is C5H11NS2. The summed E-state index contributed by atoms with van der Waals surface area (Å²) in [6.45, 7) is 2.49. The van der Waals surface area contributed by atoms with Crippen LogP contribution in [0.5, 0.6) is 0 Å². The Morgan fingerprint density at radius 1 is 1.62 bits per heavy atom. The maximum absolute atomic E-state index is 3.25. The quantitative estimate of drug-likeness (QED) is 0.606. The van der Waals surface area contributed by atoms with Gasteiger partial charge in [-0.05, 0) is 25.3 Å². The molecule has 1 heterocycles. The monoisotopic (exact) mass is 149 g/mol. The Hall–Kier alpha value is 0.660. The average Bonchev–Trinajstić information content (AvgIpc) is 1.63. The predicted molar refractivity (Wildman–Crippen MR) is 42.3 cm³/mol. The third-order valence-electron chi connectivity index (χ3n) is 1.29. The zero-order valence-corrected chi connectivity index (χ0v) is 6.65. The number of nitrogens with one attached hydrogen (secondary N) is 1. The predicted octanol–water partition coefficient (Wildman–Crippen LogP) is 1.22. The van der Waals surface area contributed by atoms with Gasteiger partial charge < -0.3 is 5.32 Å². The lowest BCUT2D eigenvalue weighted by atomic mass is 10.1. The SMILES string of the molecule is CSSCC1CNC1. The van der Waals surface area contributed by atoms with Crippen LogP contribution in [-0.2, 0) is 0 Å². The van der Waals surface area contributed by atoms with Crippen LogP contribution >= 0.6 is 21.6 Å². The molecule has 1 nitrogen and oxygen atoms in total. The van der Waals surface area contributed by atoms with E-state index in [1.807, 2.05) is 21.6 Å². The van der Waals surface area contributed by atoms with Gasteiger partial charge >= 0.3 is 0 Å². The van der Waals surface area contributed by atoms with Crippen molar-refractivity contribution < 1.29 is 0 Å². The highest BCUT2D eigenvalue weighted by Gasteiger charge is 2.15. The Balaban J connectivity index is 1.86. The lowest BCUT2D eigenvalue weighted by molar-refractivity contribution is 0.386. The van der Waals surface area contributed by atoms with E-state index in [4.69, 9.17) is 0 Å². The van der Waals surface area contributed by atoms with Crippen molar-refractivity contribution in [2.24, 2.45) is 5.92 Å². The van der Waals surface area contributed by atoms with E-state index in [-0.39, 0.29) is 0 Å². The van der Waals surface area contributed by atoms with Gasteiger partial charge in [0.25, 0.3) is 0 Å². The average molecular weight is 149 g/mol. The molecule has 8 heavy (non-hydrogen) atoms. The van der Waals surface area contributed by atoms with Crippen molar-refractivity contribution in [2.75, 3.05) is 25.1 Å². The Labute approximate surface area is 58.4 Å². The van der Waals surface area contributed by atoms with Crippen LogP contribution in [0, 0.1) is 5.92 Å². The molecule has 1 N–H and O–H groups in total. The fraction of sp³-hybridized carbons (Fsp3) is 1.00. The van der Waals surface area contributed by atoms with Crippen LogP contribution < -0.4 is 5.32 Å². The molecule has 0 amide bonds. The Bertz CT molecular complexity index is 63.4. The van der Waals surface area contributed by atoms with Crippen molar-refractivity contribution >= 4 is 21.6 Å². The molecule has 0 bridgehead atoms. The van der Waals surface area contributed by atoms with Gasteiger partial charge in [0.15, 0.2) is 0 Å². The molecule has 1 fully saturated rings. The third-order valence-corrected chi connectivity index (χ3v) is 3.25. The van der Waals surface area contributed by atoms with Crippen LogP contribution in [0.25, 0.3) is 0 Å². The molecule has 48 valence electrons. The summed E-state index contributed by atoms with van der Waals surface area (Å²) in [5.74, 6) is 2.29. The van der Waals surface area contributed by atoms with Gasteiger partial charge in [-0.25, -0.2) is 0 Å². The first-order chi connectivity index (χ1) is 3.93. The van der Waals surface area contributed by atoms with E-state index in [0.29, 0.717) is 0 Å². The maximum atomic E-state index is 3.25. The molecular weight excluding hydrogens is 138 g/mol. The molecule has 1 saturated heterocycles. The molecule has 0 aromatic heterocycles. The largest absolute Gasteiger partial charge is 0.316 e. The highest BCUT2D eigenvalue weighted by atomic mass is 33.1. The molecule has 0 aromatic carbocycles. The Morgan fingerprint density at radius 3 is 2.75 bits per heavy atom. The first-order valence-corrected chi connectivity index (χ1v) is 5.52. The third kappa shape index (κ3) is 1.88. The Morgan fingerprint density at radius 2 is 2.38 bits per heavy atom. The zero-order valence-electron chi connectivity index (χ0n) is 5.02. The lowest BCUT2D eigenvalue weighted by Crippen LogP contribution is -2.43. The normalized spacial score (nSPS) is 20.6. The van der Waals surface area contributed by atoms with Gasteiger partial charge in [0, 0.05) is 5.75 Å². The molecule has 0 atom stereocenters. The number of rotatable bonds is 3. The van der Waals surface area contributed by atoms with Crippen molar-refractivity contribution in [3.63, 3.8) is 0 Å². The van der Waals surface area contributed by atoms with Crippen LogP contribution in [0.3, 0.4) is 0 Å². The van der Waals surface area contributed by atoms with Crippen LogP contribution in [0.1, 0.15) is 0 Å². The molecule has 0 aliphatic carbocycles. The summed E-state index contributed by atoms with van der Waals surface area (Å²) in [4.78, 5) is 0. The van der Waals surface area contributed by atoms with E-state index < -0.39 is 0 Å². The van der Waals surface area contributed by atoms with Crippen LogP contribution in [0.2, 0.25) is 0 Å². The summed E-state index contributed by atoms with van der Waals surface area (Å²) in [6.07, 6.45) is 2.14. The maximum Gasteiger partial charge on any atom is 0.00895 e. The molecule has 0 saturated carbocycles. The standard InChI is InChI=1S/C5H11NS2/c1-7-8-4-5-2-6-3-5/h5-6H,2-4H2,1H3. The second kappa shape index (κ2) is 3.64. The second-order valence-corrected chi connectivity index (χ2v) is 4.58. The highest BCUT2D eigenvalue weighted by molar-refractivity contribution is 8.76. The van der Waals surface area contributed by atoms with Gasteiger partial charge in [0.05, 0.1) is 0 Å². The Kier molecular flexibility index (Phi) is 3.08. The summed E-state index contributed by atoms with van der Waals surface area (Å²) in [7, 11) is 3.84. The van der Waals surface area contributed by atoms with E-state index in [9.17, 15) is 0 Å². The first-order valence-electron chi connectivity index (χ1n) is 2.80. The van der Waals surface area contributed by atoms with Crippen LogP contribution in [-0.4, -0.2) is 25.1 Å². The topological polar surface area (TPSA) is 12.0 Å². The smallest absolute Gasteiger partial charge is 0.00895 e. The molecule has 1 aliphatic heterocycles. The fourth-order valence-electron chi connectivity index (χ4n) is 0.631. The minimum Gasteiger partial charge on any atom is -0.316 e. The lowest BCUT2D eigenvalue weighted by Gasteiger charge is -2.25. The molecule has 0 unspecified atom stereocenters. The summed E-state index contributed by atoms with van der Waals surface area (Å²) in [6, 6.07) is 0. The van der Waals surface area contributed by atoms with Gasteiger partial charge in [-0.2, -0.15) is 0 Å². The molecule has 1 aliphatic rings. The summed E-state index contributed by atoms with van der Waals surface area (Å²) in [5, 5.41) is 3.25. The van der Waals surface area contributed by atoms with E-state index in [0.717, 1.165) is 5.92 Å². The molecule has 1 rings (SSSR count). The summed E-state index contributed by atoms with van der Waals surface area (Å²) < 4.78 is 0. The minimum absolute atomic E-state index is 0.965. The summed E-state index contributed by atoms with van der Waals surface area (Å²) in [5.41, 5.74) is 0. The first kappa shape index (κ1) is 6.78. The number of hydrogen-bond donors (Lipinski definition) is 1. The molecule has 0 radical (unpaired) electrons. The van der Waals surface area contributed by atoms with Gasteiger partial charge in [0.2, 0.25) is 0 Å². The molecule has 0 spiro atoms. The van der Waals surface area contributed by atoms with E-state index >= 15 is 0 Å². The highest BCUT2D eigenvalue weighted by Crippen LogP contribution is 2.21. The van der Waals surface area contributed by atoms with E-state index in [1.54, 1.807) is 0 Å². The van der Waals surface area contributed by atoms with Crippen LogP contribution in [0.4, 0.5) is 0 Å². The van der Waals surface area contributed by atoms with Crippen molar-refractivity contribution in [1.82, 2.24) is 5.32 Å². The van der Waals surface area contributed by atoms with Crippen molar-refractivity contribution in [1.29, 1.82) is 0 Å². The van der Waals surface area contributed by atoms with E-state index in [2.05, 4.69) is 11.6 Å². The van der Waals surface area contributed by atoms with Gasteiger partial charge in [-0.3, -0.25) is 0 Å². The van der Waals surface area contributed by atoms with Crippen molar-refractivity contribution in [3.05, 3.63) is 0 Å².